The highest BCUT2D eigenvalue weighted by Gasteiger charge is 2.37. The molecule has 0 spiro atoms. The van der Waals surface area contributed by atoms with Crippen LogP contribution >= 0.6 is 11.3 Å². The molecule has 0 radical (unpaired) electrons. The largest absolute Gasteiger partial charge is 0.367 e. The van der Waals surface area contributed by atoms with Crippen LogP contribution in [0.1, 0.15) is 16.0 Å². The third kappa shape index (κ3) is 2.47. The number of anilines is 1. The van der Waals surface area contributed by atoms with E-state index in [1.807, 2.05) is 4.90 Å². The molecular weight excluding hydrogens is 308 g/mol. The molecule has 4 heterocycles. The Morgan fingerprint density at radius 1 is 1.39 bits per heavy atom. The molecule has 5 nitrogen and oxygen atoms in total. The van der Waals surface area contributed by atoms with Gasteiger partial charge in [0.1, 0.15) is 6.07 Å². The first-order valence-corrected chi connectivity index (χ1v) is 8.57. The van der Waals surface area contributed by atoms with E-state index in [-0.39, 0.29) is 11.8 Å². The van der Waals surface area contributed by atoms with Crippen LogP contribution in [0.2, 0.25) is 0 Å². The molecule has 1 fully saturated rings. The first-order valence-electron chi connectivity index (χ1n) is 7.69. The van der Waals surface area contributed by atoms with Crippen LogP contribution < -0.4 is 4.90 Å². The zero-order chi connectivity index (χ0) is 15.8. The van der Waals surface area contributed by atoms with Crippen molar-refractivity contribution in [1.82, 2.24) is 9.88 Å². The van der Waals surface area contributed by atoms with Gasteiger partial charge in [-0.25, -0.2) is 0 Å². The normalized spacial score (nSPS) is 17.3. The molecule has 0 unspecified atom stereocenters. The Kier molecular flexibility index (Phi) is 3.50. The zero-order valence-corrected chi connectivity index (χ0v) is 13.4. The van der Waals surface area contributed by atoms with Crippen LogP contribution in [-0.4, -0.2) is 35.4 Å². The summed E-state index contributed by atoms with van der Waals surface area (Å²) in [6.45, 7) is 2.90. The molecule has 23 heavy (non-hydrogen) atoms. The third-order valence-electron chi connectivity index (χ3n) is 4.61. The van der Waals surface area contributed by atoms with Gasteiger partial charge in [-0.05, 0) is 29.5 Å². The Balaban J connectivity index is 1.41. The van der Waals surface area contributed by atoms with Gasteiger partial charge in [0, 0.05) is 37.3 Å². The molecule has 0 saturated carbocycles. The van der Waals surface area contributed by atoms with Crippen LogP contribution in [0, 0.1) is 17.2 Å². The van der Waals surface area contributed by atoms with Gasteiger partial charge >= 0.3 is 0 Å². The van der Waals surface area contributed by atoms with E-state index in [0.29, 0.717) is 18.7 Å². The monoisotopic (exact) mass is 324 g/mol. The molecule has 0 aliphatic carbocycles. The number of nitrogens with zero attached hydrogens (tertiary/aromatic N) is 4. The number of carbonyl (C=O) groups excluding carboxylic acids is 1. The summed E-state index contributed by atoms with van der Waals surface area (Å²) < 4.78 is 0. The Hall–Kier alpha value is -2.39. The van der Waals surface area contributed by atoms with Crippen molar-refractivity contribution in [3.8, 4) is 6.07 Å². The molecule has 1 saturated heterocycles. The van der Waals surface area contributed by atoms with Gasteiger partial charge in [-0.3, -0.25) is 9.78 Å². The number of rotatable bonds is 2. The molecule has 1 amide bonds. The fourth-order valence-electron chi connectivity index (χ4n) is 3.26. The number of carbonyl (C=O) groups is 1. The van der Waals surface area contributed by atoms with Gasteiger partial charge in [0.25, 0.3) is 0 Å². The molecule has 4 rings (SSSR count). The molecule has 6 heteroatoms. The third-order valence-corrected chi connectivity index (χ3v) is 5.63. The van der Waals surface area contributed by atoms with E-state index in [1.54, 1.807) is 29.8 Å². The van der Waals surface area contributed by atoms with Gasteiger partial charge in [0.2, 0.25) is 5.91 Å². The van der Waals surface area contributed by atoms with Crippen LogP contribution in [0.25, 0.3) is 0 Å². The van der Waals surface area contributed by atoms with E-state index >= 15 is 0 Å². The summed E-state index contributed by atoms with van der Waals surface area (Å²) in [5, 5.41) is 11.3. The maximum atomic E-state index is 12.7. The molecule has 116 valence electrons. The van der Waals surface area contributed by atoms with Gasteiger partial charge in [-0.15, -0.1) is 11.3 Å². The van der Waals surface area contributed by atoms with Crippen molar-refractivity contribution in [2.45, 2.75) is 13.0 Å². The molecule has 2 aliphatic rings. The maximum absolute atomic E-state index is 12.7. The second-order valence-corrected chi connectivity index (χ2v) is 6.99. The van der Waals surface area contributed by atoms with E-state index in [0.717, 1.165) is 25.2 Å². The standard InChI is InChI=1S/C17H16N4OS/c18-7-12-1-4-19-8-15(12)21-10-14(11-21)17(22)20-5-2-16-13(9-20)3-6-23-16/h1,3-4,6,8,14H,2,5,9-11H2. The lowest BCUT2D eigenvalue weighted by Gasteiger charge is -2.42. The lowest BCUT2D eigenvalue weighted by atomic mass is 9.95. The van der Waals surface area contributed by atoms with Crippen molar-refractivity contribution in [2.24, 2.45) is 5.92 Å². The van der Waals surface area contributed by atoms with E-state index in [2.05, 4.69) is 27.4 Å². The van der Waals surface area contributed by atoms with Crippen LogP contribution in [0.15, 0.2) is 29.9 Å². The highest BCUT2D eigenvalue weighted by Crippen LogP contribution is 2.30. The van der Waals surface area contributed by atoms with E-state index in [1.165, 1.54) is 10.4 Å². The molecule has 0 bridgehead atoms. The second-order valence-electron chi connectivity index (χ2n) is 5.99. The summed E-state index contributed by atoms with van der Waals surface area (Å²) in [6.07, 6.45) is 4.30. The predicted octanol–water partition coefficient (Wildman–Crippen LogP) is 2.04. The van der Waals surface area contributed by atoms with E-state index in [4.69, 9.17) is 5.26 Å². The smallest absolute Gasteiger partial charge is 0.229 e. The quantitative estimate of drug-likeness (QED) is 0.848. The van der Waals surface area contributed by atoms with Gasteiger partial charge in [0.15, 0.2) is 0 Å². The van der Waals surface area contributed by atoms with Crippen LogP contribution in [0.5, 0.6) is 0 Å². The second kappa shape index (κ2) is 5.67. The number of fused-ring (bicyclic) bond motifs is 1. The molecule has 0 N–H and O–H groups in total. The van der Waals surface area contributed by atoms with Gasteiger partial charge in [0.05, 0.1) is 23.4 Å². The highest BCUT2D eigenvalue weighted by molar-refractivity contribution is 7.10. The summed E-state index contributed by atoms with van der Waals surface area (Å²) in [4.78, 5) is 22.2. The summed E-state index contributed by atoms with van der Waals surface area (Å²) in [7, 11) is 0. The van der Waals surface area contributed by atoms with Crippen LogP contribution in [-0.2, 0) is 17.8 Å². The zero-order valence-electron chi connectivity index (χ0n) is 12.6. The lowest BCUT2D eigenvalue weighted by molar-refractivity contribution is -0.137. The minimum absolute atomic E-state index is 0.0296. The first kappa shape index (κ1) is 14.2. The van der Waals surface area contributed by atoms with Crippen LogP contribution in [0.3, 0.4) is 0 Å². The van der Waals surface area contributed by atoms with Crippen LogP contribution in [0.4, 0.5) is 5.69 Å². The predicted molar refractivity (Wildman–Crippen MR) is 88.1 cm³/mol. The van der Waals surface area contributed by atoms with Crippen molar-refractivity contribution < 1.29 is 4.79 Å². The number of pyridine rings is 1. The van der Waals surface area contributed by atoms with E-state index in [9.17, 15) is 4.79 Å². The number of nitriles is 1. The van der Waals surface area contributed by atoms with Crippen molar-refractivity contribution in [3.05, 3.63) is 45.9 Å². The number of thiophene rings is 1. The lowest BCUT2D eigenvalue weighted by Crippen LogP contribution is -2.55. The maximum Gasteiger partial charge on any atom is 0.229 e. The van der Waals surface area contributed by atoms with Crippen molar-refractivity contribution >= 4 is 22.9 Å². The number of hydrogen-bond donors (Lipinski definition) is 0. The van der Waals surface area contributed by atoms with Gasteiger partial charge in [-0.2, -0.15) is 5.26 Å². The van der Waals surface area contributed by atoms with Gasteiger partial charge in [-0.1, -0.05) is 0 Å². The molecular formula is C17H16N4OS. The summed E-state index contributed by atoms with van der Waals surface area (Å²) in [5.74, 6) is 0.266. The van der Waals surface area contributed by atoms with Crippen molar-refractivity contribution in [3.63, 3.8) is 0 Å². The Bertz CT molecular complexity index is 788. The van der Waals surface area contributed by atoms with Crippen molar-refractivity contribution in [2.75, 3.05) is 24.5 Å². The number of amides is 1. The SMILES string of the molecule is N#Cc1ccncc1N1CC(C(=O)N2CCc3sccc3C2)C1. The Morgan fingerprint density at radius 2 is 2.26 bits per heavy atom. The average Bonchev–Trinajstić information content (AvgIpc) is 3.01. The molecule has 2 aromatic rings. The average molecular weight is 324 g/mol. The van der Waals surface area contributed by atoms with E-state index < -0.39 is 0 Å². The molecule has 2 aromatic heterocycles. The summed E-state index contributed by atoms with van der Waals surface area (Å²) >= 11 is 1.79. The molecule has 0 atom stereocenters. The summed E-state index contributed by atoms with van der Waals surface area (Å²) in [6, 6.07) is 6.03. The number of aromatic nitrogens is 1. The van der Waals surface area contributed by atoms with Crippen molar-refractivity contribution in [1.29, 1.82) is 5.26 Å². The fraction of sp³-hybridized carbons (Fsp3) is 0.353. The minimum atomic E-state index is 0.0296. The molecule has 0 aromatic carbocycles. The minimum Gasteiger partial charge on any atom is -0.367 e. The fourth-order valence-corrected chi connectivity index (χ4v) is 4.15. The number of hydrogen-bond acceptors (Lipinski definition) is 5. The molecule has 2 aliphatic heterocycles. The Labute approximate surface area is 138 Å². The Morgan fingerprint density at radius 3 is 3.09 bits per heavy atom. The van der Waals surface area contributed by atoms with Gasteiger partial charge < -0.3 is 9.80 Å². The first-order chi connectivity index (χ1) is 11.3. The summed E-state index contributed by atoms with van der Waals surface area (Å²) in [5.41, 5.74) is 2.74. The highest BCUT2D eigenvalue weighted by atomic mass is 32.1. The topological polar surface area (TPSA) is 60.2 Å².